The number of rotatable bonds is 2. The largest absolute Gasteiger partial charge is 0.256 e. The van der Waals surface area contributed by atoms with Gasteiger partial charge >= 0.3 is 0 Å². The Kier molecular flexibility index (Phi) is 3.12. The molecule has 0 unspecified atom stereocenters. The fraction of sp³-hybridized carbons (Fsp3) is 0.200. The predicted molar refractivity (Wildman–Crippen MR) is 99.2 cm³/mol. The van der Waals surface area contributed by atoms with E-state index in [2.05, 4.69) is 40.3 Å². The standard InChI is InChI=1S/C20H18N2S/c1-12(2)14-9-10-21-18(11-14)17-6-4-5-15-16-8-7-13(3)22-20(16)23-19(15)17/h4-12H,1-3H3/i12D. The van der Waals surface area contributed by atoms with Gasteiger partial charge in [-0.25, -0.2) is 4.98 Å². The summed E-state index contributed by atoms with van der Waals surface area (Å²) < 4.78 is 9.48. The second-order valence-corrected chi connectivity index (χ2v) is 7.02. The maximum atomic E-state index is 8.27. The lowest BCUT2D eigenvalue weighted by Gasteiger charge is -2.08. The first-order valence-electron chi connectivity index (χ1n) is 8.19. The summed E-state index contributed by atoms with van der Waals surface area (Å²) in [5.74, 6) is -0.635. The summed E-state index contributed by atoms with van der Waals surface area (Å²) >= 11 is 1.71. The molecule has 0 aliphatic heterocycles. The number of aryl methyl sites for hydroxylation is 1. The molecule has 114 valence electrons. The van der Waals surface area contributed by atoms with Gasteiger partial charge in [-0.05, 0) is 42.6 Å². The van der Waals surface area contributed by atoms with Crippen molar-refractivity contribution in [1.82, 2.24) is 9.97 Å². The van der Waals surface area contributed by atoms with Crippen LogP contribution in [0.1, 0.15) is 32.4 Å². The first-order chi connectivity index (χ1) is 11.4. The highest BCUT2D eigenvalue weighted by Crippen LogP contribution is 2.38. The second kappa shape index (κ2) is 5.43. The van der Waals surface area contributed by atoms with Crippen LogP contribution in [0.5, 0.6) is 0 Å². The van der Waals surface area contributed by atoms with Crippen molar-refractivity contribution < 1.29 is 1.37 Å². The maximum absolute atomic E-state index is 8.27. The van der Waals surface area contributed by atoms with Crippen LogP contribution in [-0.4, -0.2) is 9.97 Å². The SMILES string of the molecule is [2H]C(C)(C)c1ccnc(-c2cccc3c2sc2nc(C)ccc23)c1. The van der Waals surface area contributed by atoms with Crippen molar-refractivity contribution in [2.75, 3.05) is 0 Å². The van der Waals surface area contributed by atoms with Gasteiger partial charge in [0.15, 0.2) is 0 Å². The molecule has 0 fully saturated rings. The fourth-order valence-electron chi connectivity index (χ4n) is 2.86. The molecular weight excluding hydrogens is 300 g/mol. The zero-order valence-electron chi connectivity index (χ0n) is 14.4. The molecule has 0 aliphatic rings. The van der Waals surface area contributed by atoms with Crippen LogP contribution in [0.15, 0.2) is 48.7 Å². The van der Waals surface area contributed by atoms with Gasteiger partial charge in [0, 0.05) is 34.3 Å². The molecule has 1 aromatic carbocycles. The molecule has 3 heterocycles. The Bertz CT molecular complexity index is 1060. The number of benzene rings is 1. The number of nitrogens with zero attached hydrogens (tertiary/aromatic N) is 2. The third-order valence-electron chi connectivity index (χ3n) is 4.12. The van der Waals surface area contributed by atoms with Crippen LogP contribution in [-0.2, 0) is 0 Å². The summed E-state index contributed by atoms with van der Waals surface area (Å²) in [4.78, 5) is 10.3. The Hall–Kier alpha value is -2.26. The molecule has 0 atom stereocenters. The highest BCUT2D eigenvalue weighted by molar-refractivity contribution is 7.26. The van der Waals surface area contributed by atoms with E-state index < -0.39 is 5.89 Å². The van der Waals surface area contributed by atoms with E-state index in [9.17, 15) is 0 Å². The number of hydrogen-bond acceptors (Lipinski definition) is 3. The van der Waals surface area contributed by atoms with Crippen LogP contribution < -0.4 is 0 Å². The maximum Gasteiger partial charge on any atom is 0.124 e. The molecule has 4 rings (SSSR count). The van der Waals surface area contributed by atoms with Crippen molar-refractivity contribution in [3.05, 3.63) is 59.9 Å². The number of thiophene rings is 1. The molecule has 0 bridgehead atoms. The number of hydrogen-bond donors (Lipinski definition) is 0. The van der Waals surface area contributed by atoms with Gasteiger partial charge in [-0.15, -0.1) is 11.3 Å². The molecule has 3 heteroatoms. The van der Waals surface area contributed by atoms with E-state index in [1.54, 1.807) is 17.5 Å². The monoisotopic (exact) mass is 319 g/mol. The second-order valence-electron chi connectivity index (χ2n) is 6.02. The highest BCUT2D eigenvalue weighted by Gasteiger charge is 2.12. The van der Waals surface area contributed by atoms with Gasteiger partial charge in [0.1, 0.15) is 4.83 Å². The van der Waals surface area contributed by atoms with E-state index >= 15 is 0 Å². The van der Waals surface area contributed by atoms with Gasteiger partial charge in [-0.1, -0.05) is 32.0 Å². The van der Waals surface area contributed by atoms with E-state index in [1.165, 1.54) is 15.5 Å². The van der Waals surface area contributed by atoms with Gasteiger partial charge in [-0.3, -0.25) is 4.98 Å². The molecule has 2 nitrogen and oxygen atoms in total. The topological polar surface area (TPSA) is 25.8 Å². The molecule has 23 heavy (non-hydrogen) atoms. The molecule has 0 amide bonds. The Morgan fingerprint density at radius 1 is 1.09 bits per heavy atom. The average molecular weight is 319 g/mol. The summed E-state index contributed by atoms with van der Waals surface area (Å²) in [5, 5.41) is 2.41. The Balaban J connectivity index is 1.99. The molecule has 0 spiro atoms. The lowest BCUT2D eigenvalue weighted by atomic mass is 10.0. The lowest BCUT2D eigenvalue weighted by Crippen LogP contribution is -1.90. The van der Waals surface area contributed by atoms with Gasteiger partial charge in [0.05, 0.1) is 5.69 Å². The first kappa shape index (κ1) is 13.2. The minimum atomic E-state index is -0.635. The van der Waals surface area contributed by atoms with Gasteiger partial charge < -0.3 is 0 Å². The molecule has 0 N–H and O–H groups in total. The molecule has 0 aliphatic carbocycles. The highest BCUT2D eigenvalue weighted by atomic mass is 32.1. The number of fused-ring (bicyclic) bond motifs is 3. The molecule has 0 radical (unpaired) electrons. The average Bonchev–Trinajstić information content (AvgIpc) is 2.91. The van der Waals surface area contributed by atoms with Crippen LogP contribution in [0.25, 0.3) is 31.6 Å². The van der Waals surface area contributed by atoms with E-state index in [-0.39, 0.29) is 0 Å². The van der Waals surface area contributed by atoms with E-state index in [1.807, 2.05) is 32.9 Å². The normalized spacial score (nSPS) is 12.7. The summed E-state index contributed by atoms with van der Waals surface area (Å²) in [5.41, 5.74) is 4.03. The van der Waals surface area contributed by atoms with Gasteiger partial charge in [-0.2, -0.15) is 0 Å². The third-order valence-corrected chi connectivity index (χ3v) is 5.27. The number of pyridine rings is 2. The molecular formula is C20H18N2S. The predicted octanol–water partition coefficient (Wildman–Crippen LogP) is 5.94. The molecule has 0 saturated heterocycles. The van der Waals surface area contributed by atoms with Crippen LogP contribution in [0.4, 0.5) is 0 Å². The van der Waals surface area contributed by atoms with Crippen molar-refractivity contribution in [3.63, 3.8) is 0 Å². The lowest BCUT2D eigenvalue weighted by molar-refractivity contribution is 0.864. The first-order valence-corrected chi connectivity index (χ1v) is 8.51. The summed E-state index contributed by atoms with van der Waals surface area (Å²) in [6.45, 7) is 5.82. The van der Waals surface area contributed by atoms with Crippen LogP contribution in [0, 0.1) is 6.92 Å². The van der Waals surface area contributed by atoms with Crippen molar-refractivity contribution in [2.24, 2.45) is 0 Å². The van der Waals surface area contributed by atoms with Gasteiger partial charge in [0.25, 0.3) is 0 Å². The van der Waals surface area contributed by atoms with Crippen molar-refractivity contribution in [1.29, 1.82) is 0 Å². The third kappa shape index (κ3) is 2.41. The Morgan fingerprint density at radius 2 is 1.96 bits per heavy atom. The van der Waals surface area contributed by atoms with E-state index in [0.717, 1.165) is 27.3 Å². The summed E-state index contributed by atoms with van der Waals surface area (Å²) in [6, 6.07) is 14.5. The van der Waals surface area contributed by atoms with Crippen LogP contribution >= 0.6 is 11.3 Å². The molecule has 4 aromatic rings. The quantitative estimate of drug-likeness (QED) is 0.456. The molecule has 3 aromatic heterocycles. The van der Waals surface area contributed by atoms with Crippen LogP contribution in [0.2, 0.25) is 0 Å². The van der Waals surface area contributed by atoms with E-state index in [4.69, 9.17) is 1.37 Å². The van der Waals surface area contributed by atoms with E-state index in [0.29, 0.717) is 0 Å². The fourth-order valence-corrected chi connectivity index (χ4v) is 4.10. The Morgan fingerprint density at radius 3 is 2.78 bits per heavy atom. The zero-order chi connectivity index (χ0) is 16.9. The number of aromatic nitrogens is 2. The Labute approximate surface area is 141 Å². The van der Waals surface area contributed by atoms with Crippen molar-refractivity contribution >= 4 is 31.6 Å². The summed E-state index contributed by atoms with van der Waals surface area (Å²) in [7, 11) is 0. The van der Waals surface area contributed by atoms with Crippen molar-refractivity contribution in [2.45, 2.75) is 26.7 Å². The minimum absolute atomic E-state index is 0.635. The molecule has 0 saturated carbocycles. The minimum Gasteiger partial charge on any atom is -0.256 e. The van der Waals surface area contributed by atoms with Crippen molar-refractivity contribution in [3.8, 4) is 11.3 Å². The summed E-state index contributed by atoms with van der Waals surface area (Å²) in [6.07, 6.45) is 1.80. The van der Waals surface area contributed by atoms with Gasteiger partial charge in [0.2, 0.25) is 0 Å². The van der Waals surface area contributed by atoms with Crippen LogP contribution in [0.3, 0.4) is 0 Å². The smallest absolute Gasteiger partial charge is 0.124 e. The zero-order valence-corrected chi connectivity index (χ0v) is 14.2.